The van der Waals surface area contributed by atoms with Crippen LogP contribution in [0, 0.1) is 6.54 Å². The molecule has 2 nitrogen and oxygen atoms in total. The zero-order valence-electron chi connectivity index (χ0n) is 4.46. The van der Waals surface area contributed by atoms with Crippen molar-refractivity contribution in [2.75, 3.05) is 6.54 Å². The molecule has 0 unspecified atom stereocenters. The van der Waals surface area contributed by atoms with E-state index in [2.05, 4.69) is 5.10 Å². The molecular weight excluding hydrogens is 88.1 g/mol. The normalized spacial score (nSPS) is 18.7. The maximum Gasteiger partial charge on any atom is 0.0659 e. The third-order valence-corrected chi connectivity index (χ3v) is 1.02. The molecule has 0 saturated heterocycles. The maximum absolute atomic E-state index is 4.01. The fraction of sp³-hybridized carbons (Fsp3) is 0.600. The predicted octanol–water partition coefficient (Wildman–Crippen LogP) is 0.860. The Morgan fingerprint density at radius 1 is 1.86 bits per heavy atom. The summed E-state index contributed by atoms with van der Waals surface area (Å²) in [4.78, 5) is 0. The van der Waals surface area contributed by atoms with Gasteiger partial charge >= 0.3 is 0 Å². The Labute approximate surface area is 43.8 Å². The first-order valence-corrected chi connectivity index (χ1v) is 2.52. The van der Waals surface area contributed by atoms with E-state index in [1.807, 2.05) is 24.7 Å². The highest BCUT2D eigenvalue weighted by atomic mass is 15.5. The van der Waals surface area contributed by atoms with Crippen molar-refractivity contribution >= 4 is 6.21 Å². The molecule has 1 aliphatic rings. The summed E-state index contributed by atoms with van der Waals surface area (Å²) in [5, 5.41) is 5.94. The molecule has 1 aliphatic heterocycles. The number of hydrazone groups is 1. The summed E-state index contributed by atoms with van der Waals surface area (Å²) in [5.74, 6) is 0. The second-order valence-corrected chi connectivity index (χ2v) is 1.51. The summed E-state index contributed by atoms with van der Waals surface area (Å²) >= 11 is 0. The van der Waals surface area contributed by atoms with E-state index in [0.717, 1.165) is 13.0 Å². The second kappa shape index (κ2) is 1.96. The summed E-state index contributed by atoms with van der Waals surface area (Å²) in [6.07, 6.45) is 3.03. The van der Waals surface area contributed by atoms with Gasteiger partial charge in [-0.25, -0.2) is 0 Å². The van der Waals surface area contributed by atoms with Crippen LogP contribution in [-0.4, -0.2) is 17.8 Å². The Balaban J connectivity index is 2.28. The highest BCUT2D eigenvalue weighted by Gasteiger charge is 1.99. The van der Waals surface area contributed by atoms with Gasteiger partial charge in [-0.05, 0) is 6.92 Å². The molecule has 2 heteroatoms. The molecule has 0 aromatic heterocycles. The molecule has 1 radical (unpaired) electrons. The average molecular weight is 97.1 g/mol. The van der Waals surface area contributed by atoms with Crippen molar-refractivity contribution in [3.63, 3.8) is 0 Å². The van der Waals surface area contributed by atoms with Gasteiger partial charge in [0.2, 0.25) is 0 Å². The Morgan fingerprint density at radius 2 is 2.71 bits per heavy atom. The molecule has 1 rings (SSSR count). The van der Waals surface area contributed by atoms with E-state index >= 15 is 0 Å². The molecule has 0 N–H and O–H groups in total. The lowest BCUT2D eigenvalue weighted by Crippen LogP contribution is -2.06. The molecule has 0 fully saturated rings. The van der Waals surface area contributed by atoms with Gasteiger partial charge < -0.3 is 0 Å². The van der Waals surface area contributed by atoms with Crippen LogP contribution in [0.2, 0.25) is 0 Å². The predicted molar refractivity (Wildman–Crippen MR) is 29.8 cm³/mol. The highest BCUT2D eigenvalue weighted by molar-refractivity contribution is 5.58. The molecular formula is C5H9N2. The molecule has 0 spiro atoms. The topological polar surface area (TPSA) is 15.6 Å². The molecule has 7 heavy (non-hydrogen) atoms. The Bertz CT molecular complexity index is 78.1. The molecule has 0 amide bonds. The third kappa shape index (κ3) is 0.918. The van der Waals surface area contributed by atoms with Crippen LogP contribution in [0.4, 0.5) is 0 Å². The second-order valence-electron chi connectivity index (χ2n) is 1.51. The standard InChI is InChI=1S/C5H9N2/c1-2-7-5-3-4-6-7/h2,4H,3,5H2,1H3. The Morgan fingerprint density at radius 3 is 3.00 bits per heavy atom. The molecule has 1 heterocycles. The van der Waals surface area contributed by atoms with E-state index in [-0.39, 0.29) is 0 Å². The van der Waals surface area contributed by atoms with Gasteiger partial charge in [-0.15, -0.1) is 0 Å². The van der Waals surface area contributed by atoms with Crippen LogP contribution in [0.1, 0.15) is 13.3 Å². The zero-order chi connectivity index (χ0) is 5.11. The van der Waals surface area contributed by atoms with Crippen LogP contribution in [0.25, 0.3) is 0 Å². The van der Waals surface area contributed by atoms with E-state index in [9.17, 15) is 0 Å². The minimum absolute atomic E-state index is 1.07. The van der Waals surface area contributed by atoms with Gasteiger partial charge in [0, 0.05) is 19.2 Å². The van der Waals surface area contributed by atoms with E-state index in [0.29, 0.717) is 0 Å². The largest absolute Gasteiger partial charge is 0.292 e. The van der Waals surface area contributed by atoms with Gasteiger partial charge in [-0.1, -0.05) is 0 Å². The van der Waals surface area contributed by atoms with Crippen molar-refractivity contribution in [3.8, 4) is 0 Å². The van der Waals surface area contributed by atoms with Crippen molar-refractivity contribution in [2.45, 2.75) is 13.3 Å². The zero-order valence-corrected chi connectivity index (χ0v) is 4.46. The van der Waals surface area contributed by atoms with E-state index in [1.54, 1.807) is 0 Å². The summed E-state index contributed by atoms with van der Waals surface area (Å²) < 4.78 is 0. The first-order chi connectivity index (χ1) is 3.43. The smallest absolute Gasteiger partial charge is 0.0659 e. The third-order valence-electron chi connectivity index (χ3n) is 1.02. The number of hydrogen-bond acceptors (Lipinski definition) is 2. The van der Waals surface area contributed by atoms with Crippen LogP contribution in [0.3, 0.4) is 0 Å². The fourth-order valence-electron chi connectivity index (χ4n) is 0.606. The lowest BCUT2D eigenvalue weighted by molar-refractivity contribution is 0.394. The number of rotatable bonds is 1. The molecule has 39 valence electrons. The monoisotopic (exact) mass is 97.1 g/mol. The Hall–Kier alpha value is -0.530. The van der Waals surface area contributed by atoms with E-state index in [1.165, 1.54) is 0 Å². The first kappa shape index (κ1) is 4.62. The van der Waals surface area contributed by atoms with Gasteiger partial charge in [0.25, 0.3) is 0 Å². The van der Waals surface area contributed by atoms with Crippen molar-refractivity contribution in [1.82, 2.24) is 5.01 Å². The highest BCUT2D eigenvalue weighted by Crippen LogP contribution is 1.99. The molecule has 0 aromatic rings. The van der Waals surface area contributed by atoms with Gasteiger partial charge in [-0.3, -0.25) is 5.01 Å². The number of nitrogens with zero attached hydrogens (tertiary/aromatic N) is 2. The summed E-state index contributed by atoms with van der Waals surface area (Å²) in [6.45, 7) is 5.03. The van der Waals surface area contributed by atoms with Crippen LogP contribution in [0.15, 0.2) is 5.10 Å². The van der Waals surface area contributed by atoms with Gasteiger partial charge in [0.05, 0.1) is 6.54 Å². The Kier molecular flexibility index (Phi) is 1.29. The lowest BCUT2D eigenvalue weighted by Gasteiger charge is -2.06. The maximum atomic E-state index is 4.01. The van der Waals surface area contributed by atoms with E-state index in [4.69, 9.17) is 0 Å². The number of hydrogen-bond donors (Lipinski definition) is 0. The van der Waals surface area contributed by atoms with Gasteiger partial charge in [0.15, 0.2) is 0 Å². The summed E-state index contributed by atoms with van der Waals surface area (Å²) in [7, 11) is 0. The SMILES string of the molecule is C[CH]N1CCC=N1. The van der Waals surface area contributed by atoms with Crippen LogP contribution in [-0.2, 0) is 0 Å². The van der Waals surface area contributed by atoms with Gasteiger partial charge in [0.1, 0.15) is 0 Å². The van der Waals surface area contributed by atoms with Crippen LogP contribution < -0.4 is 0 Å². The molecule has 0 aromatic carbocycles. The van der Waals surface area contributed by atoms with E-state index < -0.39 is 0 Å². The van der Waals surface area contributed by atoms with Crippen LogP contribution >= 0.6 is 0 Å². The fourth-order valence-corrected chi connectivity index (χ4v) is 0.606. The average Bonchev–Trinajstić information content (AvgIpc) is 2.14. The summed E-state index contributed by atoms with van der Waals surface area (Å²) in [5.41, 5.74) is 0. The van der Waals surface area contributed by atoms with Crippen molar-refractivity contribution in [1.29, 1.82) is 0 Å². The van der Waals surface area contributed by atoms with Crippen molar-refractivity contribution < 1.29 is 0 Å². The molecule has 0 bridgehead atoms. The quantitative estimate of drug-likeness (QED) is 0.474. The minimum Gasteiger partial charge on any atom is -0.292 e. The molecule has 0 atom stereocenters. The van der Waals surface area contributed by atoms with Crippen LogP contribution in [0.5, 0.6) is 0 Å². The molecule has 0 aliphatic carbocycles. The first-order valence-electron chi connectivity index (χ1n) is 2.52. The summed E-state index contributed by atoms with van der Waals surface area (Å²) in [6, 6.07) is 0. The minimum atomic E-state index is 1.07. The van der Waals surface area contributed by atoms with Crippen molar-refractivity contribution in [3.05, 3.63) is 6.54 Å². The molecule has 0 saturated carbocycles. The lowest BCUT2D eigenvalue weighted by atomic mass is 10.5. The van der Waals surface area contributed by atoms with Crippen molar-refractivity contribution in [2.24, 2.45) is 5.10 Å². The van der Waals surface area contributed by atoms with Gasteiger partial charge in [-0.2, -0.15) is 5.10 Å².